The van der Waals surface area contributed by atoms with Gasteiger partial charge in [0.15, 0.2) is 35.7 Å². The van der Waals surface area contributed by atoms with Crippen LogP contribution in [-0.2, 0) is 17.1 Å². The molecule has 0 aliphatic rings. The molecule has 0 aliphatic carbocycles. The largest absolute Gasteiger partial charge is 2.00 e. The summed E-state index contributed by atoms with van der Waals surface area (Å²) in [5.41, 5.74) is 4.26. The summed E-state index contributed by atoms with van der Waals surface area (Å²) in [7, 11) is -13.8. The molecule has 0 atom stereocenters. The van der Waals surface area contributed by atoms with E-state index in [2.05, 4.69) is 40.3 Å². The van der Waals surface area contributed by atoms with Crippen LogP contribution in [0, 0.1) is 30.7 Å². The topological polar surface area (TPSA) is 421 Å². The monoisotopic (exact) mass is 962 g/mol. The molecule has 328 valence electrons. The van der Waals surface area contributed by atoms with Gasteiger partial charge >= 0.3 is 17.1 Å². The third-order valence-corrected chi connectivity index (χ3v) is 6.62. The Morgan fingerprint density at radius 3 is 0.919 bits per heavy atom. The second kappa shape index (κ2) is 25.3. The molecule has 8 heterocycles. The predicted molar refractivity (Wildman–Crippen MR) is 170 cm³/mol. The molecule has 29 heteroatoms. The Morgan fingerprint density at radius 1 is 0.419 bits per heavy atom. The summed E-state index contributed by atoms with van der Waals surface area (Å²) in [6.07, 6.45) is 21.8. The van der Waals surface area contributed by atoms with Crippen molar-refractivity contribution >= 4 is 0 Å². The zero-order valence-corrected chi connectivity index (χ0v) is 34.5. The molecule has 0 saturated carbocycles. The molecule has 0 amide bonds. The summed E-state index contributed by atoms with van der Waals surface area (Å²) >= 11 is 0. The second-order valence-corrected chi connectivity index (χ2v) is 12.9. The van der Waals surface area contributed by atoms with Crippen LogP contribution in [0.1, 0.15) is 0 Å². The average molecular weight is 964 g/mol. The van der Waals surface area contributed by atoms with Crippen molar-refractivity contribution in [2.75, 3.05) is 7.11 Å². The van der Waals surface area contributed by atoms with Gasteiger partial charge < -0.3 is 5.11 Å². The molecule has 25 nitrogen and oxygen atoms in total. The van der Waals surface area contributed by atoms with Gasteiger partial charge in [-0.05, 0) is 82.9 Å². The van der Waals surface area contributed by atoms with E-state index in [9.17, 15) is 0 Å². The average Bonchev–Trinajstić information content (AvgIpc) is 4.06. The van der Waals surface area contributed by atoms with Crippen molar-refractivity contribution in [1.29, 1.82) is 0 Å². The number of rotatable bonds is 6. The van der Waals surface area contributed by atoms with E-state index in [-0.39, 0.29) is 17.1 Å². The smallest absolute Gasteiger partial charge is 0.400 e. The number of nitrogens with one attached hydrogen (secondary N) is 1. The maximum atomic E-state index is 8.49. The molecule has 0 aromatic carbocycles. The SMILES string of the molecule is CO.[Fe+2].[O-][Cl+3]([O-])([O-])[O-].[O-][Cl+3]([O-])([O-])[O-].[O-][Cl+3]([O-])([O-])[O-].c1cnn(-c2cc(-c3cc[nH+]cc3)cc(-n3cccn3)n2)c1.c1cnn(-c2cc(-c3ccncc3)cc(-n3cccn3)n2)c1. The first-order chi connectivity index (χ1) is 28.8. The molecule has 0 aliphatic heterocycles. The van der Waals surface area contributed by atoms with Gasteiger partial charge in [0.2, 0.25) is 0 Å². The van der Waals surface area contributed by atoms with Crippen LogP contribution in [0.5, 0.6) is 0 Å². The van der Waals surface area contributed by atoms with Gasteiger partial charge in [-0.2, -0.15) is 20.4 Å². The Morgan fingerprint density at radius 2 is 0.677 bits per heavy atom. The van der Waals surface area contributed by atoms with Crippen molar-refractivity contribution in [3.05, 3.63) is 147 Å². The number of hydrogen-bond acceptors (Lipinski definition) is 20. The maximum Gasteiger partial charge on any atom is 2.00 e. The fraction of sp³-hybridized carbons (Fsp3) is 0.0303. The Hall–Kier alpha value is -5.69. The Labute approximate surface area is 366 Å². The van der Waals surface area contributed by atoms with Crippen LogP contribution in [-0.4, -0.2) is 66.3 Å². The van der Waals surface area contributed by atoms with Crippen molar-refractivity contribution in [3.63, 3.8) is 0 Å². The molecule has 0 spiro atoms. The minimum absolute atomic E-state index is 0. The van der Waals surface area contributed by atoms with Gasteiger partial charge in [-0.15, -0.1) is 30.7 Å². The van der Waals surface area contributed by atoms with E-state index in [0.29, 0.717) is 0 Å². The molecule has 8 rings (SSSR count). The molecule has 0 saturated heterocycles. The minimum Gasteiger partial charge on any atom is -0.400 e. The molecule has 8 aromatic rings. The second-order valence-electron chi connectivity index (χ2n) is 10.6. The van der Waals surface area contributed by atoms with Crippen LogP contribution in [0.15, 0.2) is 147 Å². The summed E-state index contributed by atoms with van der Waals surface area (Å²) < 4.78 is 109. The maximum absolute atomic E-state index is 8.49. The van der Waals surface area contributed by atoms with Gasteiger partial charge in [-0.1, -0.05) is 0 Å². The van der Waals surface area contributed by atoms with Gasteiger partial charge in [0, 0.05) is 81.2 Å². The van der Waals surface area contributed by atoms with E-state index in [4.69, 9.17) is 61.0 Å². The predicted octanol–water partition coefficient (Wildman–Crippen LogP) is -10.2. The van der Waals surface area contributed by atoms with Crippen LogP contribution in [0.3, 0.4) is 0 Å². The van der Waals surface area contributed by atoms with Crippen LogP contribution >= 0.6 is 0 Å². The number of hydrogen-bond donors (Lipinski definition) is 1. The van der Waals surface area contributed by atoms with Crippen molar-refractivity contribution in [3.8, 4) is 45.5 Å². The normalized spacial score (nSPS) is 10.6. The molecule has 8 aromatic heterocycles. The van der Waals surface area contributed by atoms with E-state index < -0.39 is 30.7 Å². The van der Waals surface area contributed by atoms with Gasteiger partial charge in [0.1, 0.15) is 0 Å². The standard InChI is InChI=1S/2C16H12N6.CH4O.3ClHO4.Fe/c2*1-5-18-21(9-1)15-11-14(13-3-7-17-8-4-13)12-16(20-15)22-10-2-6-19-22;1-2;3*2-1(3,4)5;/h2*1-12H;2H,1H3;3*(H,2,3,4,5);/q;;;;;;+2/p-2. The summed E-state index contributed by atoms with van der Waals surface area (Å²) in [5, 5.41) is 24.0. The third-order valence-electron chi connectivity index (χ3n) is 6.62. The quantitative estimate of drug-likeness (QED) is 0.151. The van der Waals surface area contributed by atoms with Crippen molar-refractivity contribution in [1.82, 2.24) is 54.1 Å². The Bertz CT molecular complexity index is 2090. The molecule has 62 heavy (non-hydrogen) atoms. The first-order valence-corrected chi connectivity index (χ1v) is 19.7. The van der Waals surface area contributed by atoms with Crippen molar-refractivity contribution in [2.45, 2.75) is 0 Å². The fourth-order valence-corrected chi connectivity index (χ4v) is 4.55. The molecule has 0 unspecified atom stereocenters. The molecule has 0 bridgehead atoms. The number of nitrogens with zero attached hydrogens (tertiary/aromatic N) is 11. The first-order valence-electron chi connectivity index (χ1n) is 16.0. The van der Waals surface area contributed by atoms with Gasteiger partial charge in [-0.3, -0.25) is 4.98 Å². The number of aliphatic hydroxyl groups excluding tert-OH is 1. The summed E-state index contributed by atoms with van der Waals surface area (Å²) in [4.78, 5) is 16.4. The number of halogens is 3. The molecular formula is C33H29Cl3FeN12O13. The number of H-pyrrole nitrogens is 1. The number of aromatic amines is 1. The molecule has 0 fully saturated rings. The first kappa shape index (κ1) is 52.4. The van der Waals surface area contributed by atoms with Crippen LogP contribution in [0.25, 0.3) is 45.5 Å². The number of pyridine rings is 4. The Kier molecular flexibility index (Phi) is 21.4. The van der Waals surface area contributed by atoms with E-state index in [1.54, 1.807) is 55.9 Å². The van der Waals surface area contributed by atoms with Crippen LogP contribution < -0.4 is 60.9 Å². The van der Waals surface area contributed by atoms with E-state index in [1.807, 2.05) is 110 Å². The third kappa shape index (κ3) is 20.7. The van der Waals surface area contributed by atoms with Crippen molar-refractivity contribution in [2.24, 2.45) is 0 Å². The molecule has 2 N–H and O–H groups in total. The van der Waals surface area contributed by atoms with Gasteiger partial charge in [-0.25, -0.2) is 89.6 Å². The van der Waals surface area contributed by atoms with Crippen LogP contribution in [0.4, 0.5) is 0 Å². The minimum atomic E-state index is -4.94. The summed E-state index contributed by atoms with van der Waals surface area (Å²) in [5.74, 6) is 2.98. The zero-order chi connectivity index (χ0) is 45.1. The fourth-order valence-electron chi connectivity index (χ4n) is 4.55. The summed E-state index contributed by atoms with van der Waals surface area (Å²) in [6, 6.07) is 23.5. The molecular weight excluding hydrogens is 935 g/mol. The number of aromatic nitrogens is 12. The summed E-state index contributed by atoms with van der Waals surface area (Å²) in [6.45, 7) is 0. The Balaban J connectivity index is 0.000000310. The van der Waals surface area contributed by atoms with Crippen LogP contribution in [0.2, 0.25) is 0 Å². The van der Waals surface area contributed by atoms with Gasteiger partial charge in [0.25, 0.3) is 0 Å². The van der Waals surface area contributed by atoms with E-state index >= 15 is 0 Å². The van der Waals surface area contributed by atoms with Gasteiger partial charge in [0.05, 0.1) is 0 Å². The number of aliphatic hydroxyl groups is 1. The van der Waals surface area contributed by atoms with Crippen molar-refractivity contribution < 1.29 is 114 Å². The zero-order valence-electron chi connectivity index (χ0n) is 31.1. The molecule has 0 radical (unpaired) electrons. The van der Waals surface area contributed by atoms with E-state index in [0.717, 1.165) is 52.6 Å². The van der Waals surface area contributed by atoms with E-state index in [1.165, 1.54) is 0 Å².